The SMILES string of the molecule is O=C(CC(=O)N/N=C\c1ccc(OCc2ccccc2)cc1)NCc1cccnc1. The van der Waals surface area contributed by atoms with Crippen LogP contribution in [0.3, 0.4) is 0 Å². The van der Waals surface area contributed by atoms with Gasteiger partial charge in [-0.15, -0.1) is 0 Å². The maximum atomic E-state index is 11.8. The number of hydrazone groups is 1. The lowest BCUT2D eigenvalue weighted by Gasteiger charge is -2.06. The third-order valence-electron chi connectivity index (χ3n) is 4.06. The Labute approximate surface area is 174 Å². The van der Waals surface area contributed by atoms with E-state index in [0.717, 1.165) is 22.4 Å². The number of benzene rings is 2. The first-order valence-corrected chi connectivity index (χ1v) is 9.43. The highest BCUT2D eigenvalue weighted by Crippen LogP contribution is 2.13. The molecule has 3 rings (SSSR count). The Balaban J connectivity index is 1.37. The molecule has 0 saturated heterocycles. The van der Waals surface area contributed by atoms with Crippen LogP contribution in [0.25, 0.3) is 0 Å². The van der Waals surface area contributed by atoms with Gasteiger partial charge in [0.05, 0.1) is 6.21 Å². The molecule has 0 spiro atoms. The monoisotopic (exact) mass is 402 g/mol. The molecular formula is C23H22N4O3. The number of hydrogen-bond donors (Lipinski definition) is 2. The summed E-state index contributed by atoms with van der Waals surface area (Å²) in [5, 5.41) is 6.54. The molecule has 1 heterocycles. The number of amides is 2. The molecule has 2 N–H and O–H groups in total. The van der Waals surface area contributed by atoms with Crippen LogP contribution in [0, 0.1) is 0 Å². The van der Waals surface area contributed by atoms with E-state index in [4.69, 9.17) is 4.74 Å². The summed E-state index contributed by atoms with van der Waals surface area (Å²) in [6.45, 7) is 0.815. The molecule has 0 aliphatic heterocycles. The Morgan fingerprint density at radius 2 is 1.70 bits per heavy atom. The van der Waals surface area contributed by atoms with Gasteiger partial charge in [-0.05, 0) is 47.0 Å². The summed E-state index contributed by atoms with van der Waals surface area (Å²) in [5.41, 5.74) is 5.10. The van der Waals surface area contributed by atoms with Crippen LogP contribution in [0.4, 0.5) is 0 Å². The van der Waals surface area contributed by atoms with E-state index in [2.05, 4.69) is 20.8 Å². The van der Waals surface area contributed by atoms with Crippen molar-refractivity contribution in [3.63, 3.8) is 0 Å². The first-order valence-electron chi connectivity index (χ1n) is 9.43. The van der Waals surface area contributed by atoms with Gasteiger partial charge in [-0.1, -0.05) is 36.4 Å². The lowest BCUT2D eigenvalue weighted by molar-refractivity contribution is -0.129. The predicted octanol–water partition coefficient (Wildman–Crippen LogP) is 2.82. The van der Waals surface area contributed by atoms with Gasteiger partial charge < -0.3 is 10.1 Å². The van der Waals surface area contributed by atoms with Gasteiger partial charge in [0.2, 0.25) is 11.8 Å². The molecule has 30 heavy (non-hydrogen) atoms. The van der Waals surface area contributed by atoms with Crippen molar-refractivity contribution in [3.05, 3.63) is 95.8 Å². The van der Waals surface area contributed by atoms with Gasteiger partial charge >= 0.3 is 0 Å². The lowest BCUT2D eigenvalue weighted by atomic mass is 10.2. The molecule has 0 aliphatic carbocycles. The number of aromatic nitrogens is 1. The van der Waals surface area contributed by atoms with E-state index in [0.29, 0.717) is 13.2 Å². The van der Waals surface area contributed by atoms with E-state index < -0.39 is 5.91 Å². The Bertz CT molecular complexity index is 974. The van der Waals surface area contributed by atoms with Crippen LogP contribution in [-0.4, -0.2) is 23.0 Å². The van der Waals surface area contributed by atoms with Crippen LogP contribution in [0.5, 0.6) is 5.75 Å². The van der Waals surface area contributed by atoms with Gasteiger partial charge in [0, 0.05) is 18.9 Å². The summed E-state index contributed by atoms with van der Waals surface area (Å²) in [5.74, 6) is -0.130. The van der Waals surface area contributed by atoms with Crippen LogP contribution in [0.2, 0.25) is 0 Å². The fourth-order valence-electron chi connectivity index (χ4n) is 2.52. The van der Waals surface area contributed by atoms with E-state index >= 15 is 0 Å². The van der Waals surface area contributed by atoms with Crippen LogP contribution in [0.15, 0.2) is 84.2 Å². The van der Waals surface area contributed by atoms with Crippen LogP contribution in [0.1, 0.15) is 23.1 Å². The number of nitrogens with one attached hydrogen (secondary N) is 2. The summed E-state index contributed by atoms with van der Waals surface area (Å²) >= 11 is 0. The summed E-state index contributed by atoms with van der Waals surface area (Å²) in [6, 6.07) is 20.9. The molecule has 3 aromatic rings. The minimum absolute atomic E-state index is 0.302. The van der Waals surface area contributed by atoms with Gasteiger partial charge in [0.1, 0.15) is 18.8 Å². The van der Waals surface area contributed by atoms with E-state index in [1.54, 1.807) is 18.5 Å². The second kappa shape index (κ2) is 11.1. The Morgan fingerprint density at radius 3 is 2.43 bits per heavy atom. The van der Waals surface area contributed by atoms with Gasteiger partial charge in [-0.25, -0.2) is 5.43 Å². The topological polar surface area (TPSA) is 92.7 Å². The van der Waals surface area contributed by atoms with Crippen molar-refractivity contribution in [3.8, 4) is 5.75 Å². The zero-order valence-electron chi connectivity index (χ0n) is 16.3. The minimum atomic E-state index is -0.488. The third kappa shape index (κ3) is 7.20. The maximum Gasteiger partial charge on any atom is 0.249 e. The zero-order chi connectivity index (χ0) is 21.0. The molecule has 0 atom stereocenters. The molecule has 0 unspecified atom stereocenters. The number of rotatable bonds is 9. The van der Waals surface area contributed by atoms with Crippen molar-refractivity contribution < 1.29 is 14.3 Å². The van der Waals surface area contributed by atoms with Crippen molar-refractivity contribution in [1.29, 1.82) is 0 Å². The number of ether oxygens (including phenoxy) is 1. The molecular weight excluding hydrogens is 380 g/mol. The highest BCUT2D eigenvalue weighted by molar-refractivity contribution is 5.97. The first-order chi connectivity index (χ1) is 14.7. The van der Waals surface area contributed by atoms with E-state index in [9.17, 15) is 9.59 Å². The molecule has 0 bridgehead atoms. The summed E-state index contributed by atoms with van der Waals surface area (Å²) < 4.78 is 5.73. The van der Waals surface area contributed by atoms with E-state index in [-0.39, 0.29) is 12.3 Å². The quantitative estimate of drug-likeness (QED) is 0.327. The molecule has 0 saturated carbocycles. The van der Waals surface area contributed by atoms with Gasteiger partial charge in [0.15, 0.2) is 0 Å². The normalized spacial score (nSPS) is 10.5. The number of carbonyl (C=O) groups is 2. The first kappa shape index (κ1) is 20.7. The van der Waals surface area contributed by atoms with Crippen molar-refractivity contribution in [1.82, 2.24) is 15.7 Å². The second-order valence-corrected chi connectivity index (χ2v) is 6.45. The molecule has 1 aromatic heterocycles. The highest BCUT2D eigenvalue weighted by Gasteiger charge is 2.08. The fourth-order valence-corrected chi connectivity index (χ4v) is 2.52. The lowest BCUT2D eigenvalue weighted by Crippen LogP contribution is -2.29. The molecule has 7 heteroatoms. The molecule has 0 fully saturated rings. The summed E-state index contributed by atoms with van der Waals surface area (Å²) in [7, 11) is 0. The van der Waals surface area contributed by atoms with Crippen molar-refractivity contribution >= 4 is 18.0 Å². The smallest absolute Gasteiger partial charge is 0.249 e. The van der Waals surface area contributed by atoms with E-state index in [1.807, 2.05) is 60.7 Å². The zero-order valence-corrected chi connectivity index (χ0v) is 16.3. The Morgan fingerprint density at radius 1 is 0.933 bits per heavy atom. The van der Waals surface area contributed by atoms with Crippen LogP contribution < -0.4 is 15.5 Å². The Kier molecular flexibility index (Phi) is 7.68. The predicted molar refractivity (Wildman–Crippen MR) is 114 cm³/mol. The van der Waals surface area contributed by atoms with Crippen molar-refractivity contribution in [2.24, 2.45) is 5.10 Å². The molecule has 0 radical (unpaired) electrons. The summed E-state index contributed by atoms with van der Waals surface area (Å²) in [4.78, 5) is 27.6. The minimum Gasteiger partial charge on any atom is -0.489 e. The standard InChI is InChI=1S/C23H22N4O3/c28-22(25-15-20-7-4-12-24-14-20)13-23(29)27-26-16-18-8-10-21(11-9-18)30-17-19-5-2-1-3-6-19/h1-12,14,16H,13,15,17H2,(H,25,28)(H,27,29)/b26-16-. The number of nitrogens with zero attached hydrogens (tertiary/aromatic N) is 2. The van der Waals surface area contributed by atoms with Gasteiger partial charge in [0.25, 0.3) is 0 Å². The van der Waals surface area contributed by atoms with Crippen LogP contribution in [-0.2, 0) is 22.7 Å². The van der Waals surface area contributed by atoms with Crippen molar-refractivity contribution in [2.75, 3.05) is 0 Å². The molecule has 152 valence electrons. The average molecular weight is 402 g/mol. The number of carbonyl (C=O) groups excluding carboxylic acids is 2. The third-order valence-corrected chi connectivity index (χ3v) is 4.06. The highest BCUT2D eigenvalue weighted by atomic mass is 16.5. The molecule has 2 amide bonds. The Hall–Kier alpha value is -4.00. The van der Waals surface area contributed by atoms with Crippen LogP contribution >= 0.6 is 0 Å². The summed E-state index contributed by atoms with van der Waals surface area (Å²) in [6.07, 6.45) is 4.51. The largest absolute Gasteiger partial charge is 0.489 e. The van der Waals surface area contributed by atoms with Gasteiger partial charge in [-0.3, -0.25) is 14.6 Å². The average Bonchev–Trinajstić information content (AvgIpc) is 2.78. The number of hydrogen-bond acceptors (Lipinski definition) is 5. The molecule has 0 aliphatic rings. The molecule has 7 nitrogen and oxygen atoms in total. The van der Waals surface area contributed by atoms with E-state index in [1.165, 1.54) is 6.21 Å². The fraction of sp³-hybridized carbons (Fsp3) is 0.130. The van der Waals surface area contributed by atoms with Gasteiger partial charge in [-0.2, -0.15) is 5.10 Å². The number of pyridine rings is 1. The molecule has 2 aromatic carbocycles. The van der Waals surface area contributed by atoms with Crippen molar-refractivity contribution in [2.45, 2.75) is 19.6 Å². The second-order valence-electron chi connectivity index (χ2n) is 6.45. The maximum absolute atomic E-state index is 11.8.